The molecule has 4 heteroatoms. The van der Waals surface area contributed by atoms with Crippen molar-refractivity contribution in [2.45, 2.75) is 32.1 Å². The van der Waals surface area contributed by atoms with Crippen molar-refractivity contribution in [2.24, 2.45) is 0 Å². The molecule has 0 atom stereocenters. The van der Waals surface area contributed by atoms with E-state index in [1.54, 1.807) is 0 Å². The number of aryl methyl sites for hydroxylation is 1. The van der Waals surface area contributed by atoms with E-state index >= 15 is 0 Å². The zero-order valence-corrected chi connectivity index (χ0v) is 11.6. The molecule has 0 saturated heterocycles. The lowest BCUT2D eigenvalue weighted by Gasteiger charge is -2.08. The molecule has 1 aromatic heterocycles. The van der Waals surface area contributed by atoms with Gasteiger partial charge in [0.25, 0.3) is 5.56 Å². The summed E-state index contributed by atoms with van der Waals surface area (Å²) >= 11 is 0. The van der Waals surface area contributed by atoms with Crippen molar-refractivity contribution in [1.29, 1.82) is 0 Å². The van der Waals surface area contributed by atoms with Crippen molar-refractivity contribution >= 4 is 5.82 Å². The van der Waals surface area contributed by atoms with Gasteiger partial charge in [-0.15, -0.1) is 0 Å². The number of aromatic amines is 1. The number of H-pyrrole nitrogens is 1. The van der Waals surface area contributed by atoms with Crippen molar-refractivity contribution in [2.75, 3.05) is 11.9 Å². The van der Waals surface area contributed by atoms with Gasteiger partial charge in [0.05, 0.1) is 0 Å². The number of nitrogens with one attached hydrogen (secondary N) is 2. The minimum atomic E-state index is -0.0692. The maximum absolute atomic E-state index is 11.6. The molecule has 0 aliphatic heterocycles. The van der Waals surface area contributed by atoms with Gasteiger partial charge in [-0.05, 0) is 37.3 Å². The zero-order chi connectivity index (χ0) is 13.9. The highest BCUT2D eigenvalue weighted by Gasteiger charge is 2.26. The van der Waals surface area contributed by atoms with Crippen LogP contribution in [0.4, 0.5) is 5.82 Å². The van der Waals surface area contributed by atoms with Gasteiger partial charge < -0.3 is 10.3 Å². The lowest BCUT2D eigenvalue weighted by Crippen LogP contribution is -2.14. The molecule has 1 fully saturated rings. The van der Waals surface area contributed by atoms with Crippen LogP contribution in [0.5, 0.6) is 0 Å². The fraction of sp³-hybridized carbons (Fsp3) is 0.375. The summed E-state index contributed by atoms with van der Waals surface area (Å²) in [5.74, 6) is 1.97. The second-order valence-electron chi connectivity index (χ2n) is 5.39. The van der Waals surface area contributed by atoms with Crippen LogP contribution in [0.15, 0.2) is 35.1 Å². The quantitative estimate of drug-likeness (QED) is 0.877. The zero-order valence-electron chi connectivity index (χ0n) is 11.6. The van der Waals surface area contributed by atoms with Gasteiger partial charge in [0, 0.05) is 18.5 Å². The molecule has 20 heavy (non-hydrogen) atoms. The molecule has 2 aromatic rings. The first-order valence-electron chi connectivity index (χ1n) is 7.12. The van der Waals surface area contributed by atoms with Gasteiger partial charge in [-0.3, -0.25) is 4.79 Å². The van der Waals surface area contributed by atoms with E-state index in [2.05, 4.69) is 40.4 Å². The molecule has 1 aliphatic carbocycles. The topological polar surface area (TPSA) is 57.8 Å². The lowest BCUT2D eigenvalue weighted by molar-refractivity contribution is 0.898. The number of benzene rings is 1. The maximum Gasteiger partial charge on any atom is 0.252 e. The van der Waals surface area contributed by atoms with Crippen molar-refractivity contribution in [3.05, 3.63) is 57.6 Å². The lowest BCUT2D eigenvalue weighted by atomic mass is 10.1. The van der Waals surface area contributed by atoms with Gasteiger partial charge in [-0.1, -0.05) is 24.3 Å². The van der Waals surface area contributed by atoms with E-state index < -0.39 is 0 Å². The number of aromatic nitrogens is 2. The highest BCUT2D eigenvalue weighted by molar-refractivity contribution is 5.35. The Labute approximate surface area is 118 Å². The minimum Gasteiger partial charge on any atom is -0.370 e. The van der Waals surface area contributed by atoms with E-state index in [1.165, 1.54) is 17.2 Å². The third-order valence-corrected chi connectivity index (χ3v) is 3.69. The Morgan fingerprint density at radius 1 is 1.35 bits per heavy atom. The van der Waals surface area contributed by atoms with Crippen LogP contribution < -0.4 is 10.9 Å². The van der Waals surface area contributed by atoms with E-state index in [9.17, 15) is 4.79 Å². The normalized spacial score (nSPS) is 14.2. The summed E-state index contributed by atoms with van der Waals surface area (Å²) in [6.45, 7) is 2.90. The number of nitrogens with zero attached hydrogens (tertiary/aromatic N) is 1. The third kappa shape index (κ3) is 3.07. The van der Waals surface area contributed by atoms with Gasteiger partial charge in [-0.2, -0.15) is 0 Å². The van der Waals surface area contributed by atoms with Crippen molar-refractivity contribution in [3.8, 4) is 0 Å². The van der Waals surface area contributed by atoms with Gasteiger partial charge in [0.1, 0.15) is 11.6 Å². The molecular formula is C16H19N3O. The molecule has 0 amide bonds. The Bertz CT molecular complexity index is 659. The molecule has 104 valence electrons. The molecule has 0 unspecified atom stereocenters. The summed E-state index contributed by atoms with van der Waals surface area (Å²) < 4.78 is 0. The average molecular weight is 269 g/mol. The Morgan fingerprint density at radius 3 is 2.90 bits per heavy atom. The minimum absolute atomic E-state index is 0.0692. The second-order valence-corrected chi connectivity index (χ2v) is 5.39. The second kappa shape index (κ2) is 5.49. The van der Waals surface area contributed by atoms with Crippen LogP contribution >= 0.6 is 0 Å². The van der Waals surface area contributed by atoms with E-state index in [0.717, 1.165) is 31.6 Å². The van der Waals surface area contributed by atoms with Crippen LogP contribution in [0.1, 0.15) is 35.7 Å². The SMILES string of the molecule is Cc1ccccc1CCNc1cc(=O)[nH]c(C2CC2)n1. The predicted octanol–water partition coefficient (Wildman–Crippen LogP) is 2.61. The average Bonchev–Trinajstić information content (AvgIpc) is 3.25. The molecule has 1 saturated carbocycles. The first-order valence-corrected chi connectivity index (χ1v) is 7.12. The molecule has 1 aromatic carbocycles. The fourth-order valence-corrected chi connectivity index (χ4v) is 2.33. The molecular weight excluding hydrogens is 250 g/mol. The fourth-order valence-electron chi connectivity index (χ4n) is 2.33. The van der Waals surface area contributed by atoms with Crippen LogP contribution in [0, 0.1) is 6.92 Å². The molecule has 2 N–H and O–H groups in total. The van der Waals surface area contributed by atoms with E-state index in [0.29, 0.717) is 11.7 Å². The first kappa shape index (κ1) is 12.9. The predicted molar refractivity (Wildman–Crippen MR) is 80.2 cm³/mol. The molecule has 4 nitrogen and oxygen atoms in total. The smallest absolute Gasteiger partial charge is 0.252 e. The highest BCUT2D eigenvalue weighted by atomic mass is 16.1. The van der Waals surface area contributed by atoms with Crippen LogP contribution in [0.25, 0.3) is 0 Å². The molecule has 0 radical (unpaired) electrons. The summed E-state index contributed by atoms with van der Waals surface area (Å²) in [6.07, 6.45) is 3.20. The van der Waals surface area contributed by atoms with Crippen molar-refractivity contribution < 1.29 is 0 Å². The van der Waals surface area contributed by atoms with E-state index in [4.69, 9.17) is 0 Å². The Balaban J connectivity index is 1.64. The Hall–Kier alpha value is -2.10. The molecule has 1 heterocycles. The standard InChI is InChI=1S/C16H19N3O/c1-11-4-2-3-5-12(11)8-9-17-14-10-15(20)19-16(18-14)13-6-7-13/h2-5,10,13H,6-9H2,1H3,(H2,17,18,19,20). The summed E-state index contributed by atoms with van der Waals surface area (Å²) in [4.78, 5) is 18.9. The summed E-state index contributed by atoms with van der Waals surface area (Å²) in [5, 5.41) is 3.25. The molecule has 3 rings (SSSR count). The van der Waals surface area contributed by atoms with Gasteiger partial charge in [-0.25, -0.2) is 4.98 Å². The number of rotatable bonds is 5. The third-order valence-electron chi connectivity index (χ3n) is 3.69. The summed E-state index contributed by atoms with van der Waals surface area (Å²) in [6, 6.07) is 9.89. The monoisotopic (exact) mass is 269 g/mol. The Morgan fingerprint density at radius 2 is 2.15 bits per heavy atom. The van der Waals surface area contributed by atoms with Gasteiger partial charge >= 0.3 is 0 Å². The van der Waals surface area contributed by atoms with E-state index in [-0.39, 0.29) is 5.56 Å². The molecule has 0 bridgehead atoms. The first-order chi connectivity index (χ1) is 9.72. The maximum atomic E-state index is 11.6. The number of anilines is 1. The number of hydrogen-bond acceptors (Lipinski definition) is 3. The van der Waals surface area contributed by atoms with Gasteiger partial charge in [0.15, 0.2) is 0 Å². The van der Waals surface area contributed by atoms with Crippen molar-refractivity contribution in [1.82, 2.24) is 9.97 Å². The largest absolute Gasteiger partial charge is 0.370 e. The van der Waals surface area contributed by atoms with Crippen LogP contribution in [-0.4, -0.2) is 16.5 Å². The van der Waals surface area contributed by atoms with Gasteiger partial charge in [0.2, 0.25) is 0 Å². The van der Waals surface area contributed by atoms with Crippen molar-refractivity contribution in [3.63, 3.8) is 0 Å². The summed E-state index contributed by atoms with van der Waals surface area (Å²) in [7, 11) is 0. The van der Waals surface area contributed by atoms with E-state index in [1.807, 2.05) is 6.07 Å². The molecule has 0 spiro atoms. The number of hydrogen-bond donors (Lipinski definition) is 2. The van der Waals surface area contributed by atoms with Crippen LogP contribution in [0.3, 0.4) is 0 Å². The summed E-state index contributed by atoms with van der Waals surface area (Å²) in [5.41, 5.74) is 2.55. The van der Waals surface area contributed by atoms with Crippen LogP contribution in [0.2, 0.25) is 0 Å². The molecule has 1 aliphatic rings. The van der Waals surface area contributed by atoms with Crippen LogP contribution in [-0.2, 0) is 6.42 Å². The Kier molecular flexibility index (Phi) is 3.54. The highest BCUT2D eigenvalue weighted by Crippen LogP contribution is 2.37.